The van der Waals surface area contributed by atoms with Gasteiger partial charge in [0.25, 0.3) is 11.1 Å². The summed E-state index contributed by atoms with van der Waals surface area (Å²) in [6, 6.07) is 11.3. The Bertz CT molecular complexity index is 2550. The molecule has 0 atom stereocenters. The van der Waals surface area contributed by atoms with Gasteiger partial charge in [-0.15, -0.1) is 22.7 Å². The fourth-order valence-corrected chi connectivity index (χ4v) is 8.23. The first-order valence-electron chi connectivity index (χ1n) is 15.8. The number of rotatable bonds is 6. The number of nitrogens with zero attached hydrogens (tertiary/aromatic N) is 4. The largest absolute Gasteiger partial charge is 0.465 e. The third-order valence-electron chi connectivity index (χ3n) is 8.71. The molecule has 0 spiro atoms. The van der Waals surface area contributed by atoms with Gasteiger partial charge in [-0.05, 0) is 77.9 Å². The minimum atomic E-state index is -0.570. The minimum Gasteiger partial charge on any atom is -0.465 e. The van der Waals surface area contributed by atoms with Crippen LogP contribution in [0.15, 0.2) is 46.0 Å². The fraction of sp³-hybridized carbons (Fsp3) is 0.333. The Morgan fingerprint density at radius 2 is 1.02 bits per heavy atom. The quantitative estimate of drug-likeness (QED) is 0.140. The molecule has 6 aromatic heterocycles. The van der Waals surface area contributed by atoms with E-state index in [-0.39, 0.29) is 36.3 Å². The van der Waals surface area contributed by atoms with E-state index in [9.17, 15) is 19.2 Å². The number of carbonyl (C=O) groups is 2. The molecule has 0 aliphatic carbocycles. The number of imidazole rings is 2. The second-order valence-electron chi connectivity index (χ2n) is 14.3. The summed E-state index contributed by atoms with van der Waals surface area (Å²) >= 11 is 2.96. The van der Waals surface area contributed by atoms with Crippen LogP contribution in [0.2, 0.25) is 0 Å². The van der Waals surface area contributed by atoms with Crippen molar-refractivity contribution in [2.24, 2.45) is 10.8 Å². The van der Waals surface area contributed by atoms with Gasteiger partial charge in [0.05, 0.1) is 35.1 Å². The van der Waals surface area contributed by atoms with E-state index < -0.39 is 10.8 Å². The van der Waals surface area contributed by atoms with Crippen LogP contribution in [0.3, 0.4) is 0 Å². The zero-order valence-corrected chi connectivity index (χ0v) is 29.0. The van der Waals surface area contributed by atoms with Crippen LogP contribution in [0.5, 0.6) is 0 Å². The van der Waals surface area contributed by atoms with Gasteiger partial charge in [0, 0.05) is 54.9 Å². The predicted molar refractivity (Wildman–Crippen MR) is 190 cm³/mol. The van der Waals surface area contributed by atoms with Crippen molar-refractivity contribution in [3.05, 3.63) is 66.9 Å². The summed E-state index contributed by atoms with van der Waals surface area (Å²) in [6.45, 7) is 11.4. The molecule has 0 aliphatic heterocycles. The molecule has 0 saturated carbocycles. The Hall–Kier alpha value is -4.68. The highest BCUT2D eigenvalue weighted by molar-refractivity contribution is 7.19. The van der Waals surface area contributed by atoms with Gasteiger partial charge in [0.15, 0.2) is 0 Å². The van der Waals surface area contributed by atoms with Gasteiger partial charge >= 0.3 is 11.9 Å². The lowest BCUT2D eigenvalue weighted by Crippen LogP contribution is -2.23. The number of pyridine rings is 2. The molecular formula is C36H32N4O6S2. The maximum absolute atomic E-state index is 14.1. The third-order valence-corrected chi connectivity index (χ3v) is 10.9. The van der Waals surface area contributed by atoms with Crippen LogP contribution < -0.4 is 11.1 Å². The number of fused-ring (bicyclic) bond motifs is 8. The zero-order valence-electron chi connectivity index (χ0n) is 27.3. The topological polar surface area (TPSA) is 121 Å². The van der Waals surface area contributed by atoms with Gasteiger partial charge in [-0.2, -0.15) is 0 Å². The molecule has 48 heavy (non-hydrogen) atoms. The lowest BCUT2D eigenvalue weighted by atomic mass is 9.96. The minimum absolute atomic E-state index is 0.202. The molecule has 0 bridgehead atoms. The molecule has 0 unspecified atom stereocenters. The molecule has 244 valence electrons. The van der Waals surface area contributed by atoms with Crippen LogP contribution >= 0.6 is 22.7 Å². The van der Waals surface area contributed by atoms with E-state index >= 15 is 0 Å². The van der Waals surface area contributed by atoms with Crippen LogP contribution in [0, 0.1) is 10.8 Å². The number of hydrogen-bond acceptors (Lipinski definition) is 10. The van der Waals surface area contributed by atoms with E-state index in [2.05, 4.69) is 0 Å². The maximum Gasteiger partial charge on any atom is 0.311 e. The van der Waals surface area contributed by atoms with E-state index in [4.69, 9.17) is 19.4 Å². The predicted octanol–water partition coefficient (Wildman–Crippen LogP) is 6.73. The van der Waals surface area contributed by atoms with Gasteiger partial charge in [-0.1, -0.05) is 0 Å². The lowest BCUT2D eigenvalue weighted by molar-refractivity contribution is -0.153. The van der Waals surface area contributed by atoms with E-state index in [0.29, 0.717) is 56.7 Å². The highest BCUT2D eigenvalue weighted by atomic mass is 32.1. The van der Waals surface area contributed by atoms with Crippen LogP contribution in [-0.4, -0.2) is 43.9 Å². The Morgan fingerprint density at radius 3 is 1.40 bits per heavy atom. The fourth-order valence-electron chi connectivity index (χ4n) is 6.25. The second-order valence-corrected chi connectivity index (χ2v) is 16.5. The van der Waals surface area contributed by atoms with Gasteiger partial charge in [0.1, 0.15) is 21.0 Å². The molecule has 8 aromatic rings. The van der Waals surface area contributed by atoms with Gasteiger partial charge in [-0.25, -0.2) is 9.97 Å². The van der Waals surface area contributed by atoms with Crippen LogP contribution in [0.1, 0.15) is 51.3 Å². The zero-order chi connectivity index (χ0) is 33.9. The van der Waals surface area contributed by atoms with Gasteiger partial charge < -0.3 is 9.47 Å². The van der Waals surface area contributed by atoms with Gasteiger partial charge in [-0.3, -0.25) is 28.0 Å². The van der Waals surface area contributed by atoms with Crippen molar-refractivity contribution in [1.29, 1.82) is 0 Å². The molecular weight excluding hydrogens is 649 g/mol. The van der Waals surface area contributed by atoms with Crippen LogP contribution in [-0.2, 0) is 31.9 Å². The SMILES string of the molecule is CC(C)(C)C(=O)OCCc1cc2c(nc3c4ccc5c(=O)n6c7cc(CCOC(=O)C(C)(C)C)sc7nc6c6ccc(c(=O)n23)c4c56)s1. The summed E-state index contributed by atoms with van der Waals surface area (Å²) in [7, 11) is 0. The number of hydrogen-bond donors (Lipinski definition) is 0. The summed E-state index contributed by atoms with van der Waals surface area (Å²) in [5.41, 5.74) is 0.973. The number of aromatic nitrogens is 4. The molecule has 0 saturated heterocycles. The van der Waals surface area contributed by atoms with Crippen molar-refractivity contribution in [1.82, 2.24) is 18.8 Å². The number of thiophene rings is 2. The van der Waals surface area contributed by atoms with Crippen molar-refractivity contribution in [3.63, 3.8) is 0 Å². The van der Waals surface area contributed by atoms with Crippen molar-refractivity contribution >= 4 is 98.9 Å². The summed E-state index contributed by atoms with van der Waals surface area (Å²) < 4.78 is 14.2. The molecule has 10 nitrogen and oxygen atoms in total. The van der Waals surface area contributed by atoms with E-state index in [1.165, 1.54) is 22.7 Å². The molecule has 0 fully saturated rings. The summed E-state index contributed by atoms with van der Waals surface area (Å²) in [5, 5.41) is 4.01. The normalized spacial score (nSPS) is 13.0. The lowest BCUT2D eigenvalue weighted by Gasteiger charge is -2.16. The standard InChI is InChI=1S/C36H32N4O6S2/c1-35(2,3)33(43)45-13-11-17-15-23-29(47-17)37-27-19-7-10-22-26-20(8-9-21(25(19)26)31(41)39(23)27)28-38-30-24(40(28)32(22)42)16-18(48-30)12-14-46-34(44)36(4,5)6/h7-10,15-16H,11-14H2,1-6H3. The molecule has 6 heterocycles. The first kappa shape index (κ1) is 30.6. The van der Waals surface area contributed by atoms with Crippen molar-refractivity contribution in [2.75, 3.05) is 13.2 Å². The Labute approximate surface area is 281 Å². The molecule has 0 aliphatic rings. The Balaban J connectivity index is 1.21. The third kappa shape index (κ3) is 4.56. The average molecular weight is 681 g/mol. The summed E-state index contributed by atoms with van der Waals surface area (Å²) in [6.07, 6.45) is 1.06. The number of benzene rings is 2. The van der Waals surface area contributed by atoms with Crippen molar-refractivity contribution in [2.45, 2.75) is 54.4 Å². The van der Waals surface area contributed by atoms with Crippen molar-refractivity contribution in [3.8, 4) is 0 Å². The number of carbonyl (C=O) groups excluding carboxylic acids is 2. The van der Waals surface area contributed by atoms with Crippen molar-refractivity contribution < 1.29 is 19.1 Å². The number of ether oxygens (including phenoxy) is 2. The summed E-state index contributed by atoms with van der Waals surface area (Å²) in [4.78, 5) is 65.7. The Morgan fingerprint density at radius 1 is 0.646 bits per heavy atom. The smallest absolute Gasteiger partial charge is 0.311 e. The van der Waals surface area contributed by atoms with E-state index in [1.54, 1.807) is 8.80 Å². The highest BCUT2D eigenvalue weighted by Crippen LogP contribution is 2.38. The molecule has 0 N–H and O–H groups in total. The summed E-state index contributed by atoms with van der Waals surface area (Å²) in [5.74, 6) is -0.507. The van der Waals surface area contributed by atoms with Crippen LogP contribution in [0.25, 0.3) is 64.3 Å². The Kier molecular flexibility index (Phi) is 6.64. The monoisotopic (exact) mass is 680 g/mol. The van der Waals surface area contributed by atoms with Gasteiger partial charge in [0.2, 0.25) is 0 Å². The first-order valence-corrected chi connectivity index (χ1v) is 17.4. The first-order chi connectivity index (χ1) is 22.7. The second kappa shape index (κ2) is 10.4. The molecule has 12 heteroatoms. The van der Waals surface area contributed by atoms with Crippen LogP contribution in [0.4, 0.5) is 0 Å². The maximum atomic E-state index is 14.1. The molecule has 0 radical (unpaired) electrons. The highest BCUT2D eigenvalue weighted by Gasteiger charge is 2.26. The molecule has 8 rings (SSSR count). The average Bonchev–Trinajstić information content (AvgIpc) is 3.77. The van der Waals surface area contributed by atoms with E-state index in [0.717, 1.165) is 30.2 Å². The molecule has 2 aromatic carbocycles. The number of esters is 2. The molecule has 0 amide bonds. The van der Waals surface area contributed by atoms with E-state index in [1.807, 2.05) is 77.9 Å².